The van der Waals surface area contributed by atoms with Crippen LogP contribution in [-0.2, 0) is 0 Å². The lowest BCUT2D eigenvalue weighted by Gasteiger charge is -2.08. The highest BCUT2D eigenvalue weighted by atomic mass is 79.9. The largest absolute Gasteiger partial charge is 0.383 e. The minimum atomic E-state index is 0.123. The highest BCUT2D eigenvalue weighted by Gasteiger charge is 2.04. The summed E-state index contributed by atoms with van der Waals surface area (Å²) in [6.45, 7) is 0. The first kappa shape index (κ1) is 11.9. The van der Waals surface area contributed by atoms with Gasteiger partial charge in [-0.3, -0.25) is 0 Å². The van der Waals surface area contributed by atoms with E-state index < -0.39 is 0 Å². The molecular formula is C10H9BrClN5. The van der Waals surface area contributed by atoms with E-state index >= 15 is 0 Å². The van der Waals surface area contributed by atoms with Crippen LogP contribution in [0.2, 0.25) is 5.02 Å². The van der Waals surface area contributed by atoms with Crippen molar-refractivity contribution in [3.63, 3.8) is 0 Å². The van der Waals surface area contributed by atoms with Crippen LogP contribution in [0.4, 0.5) is 23.3 Å². The van der Waals surface area contributed by atoms with Gasteiger partial charge < -0.3 is 16.8 Å². The van der Waals surface area contributed by atoms with E-state index in [1.807, 2.05) is 6.07 Å². The number of benzene rings is 1. The molecule has 0 saturated carbocycles. The standard InChI is InChI=1S/C10H9BrClN5/c11-6-3-5(12)1-2-7(6)15-9-4-8(13)16-10(14)17-9/h1-4H,(H5,13,14,15,16,17). The summed E-state index contributed by atoms with van der Waals surface area (Å²) in [5, 5.41) is 3.71. The first-order valence-corrected chi connectivity index (χ1v) is 5.84. The van der Waals surface area contributed by atoms with Crippen LogP contribution in [0, 0.1) is 0 Å². The Labute approximate surface area is 111 Å². The molecule has 1 aromatic heterocycles. The predicted octanol–water partition coefficient (Wildman–Crippen LogP) is 2.80. The van der Waals surface area contributed by atoms with Crippen molar-refractivity contribution in [1.82, 2.24) is 9.97 Å². The molecule has 0 saturated heterocycles. The number of aromatic nitrogens is 2. The summed E-state index contributed by atoms with van der Waals surface area (Å²) in [5.41, 5.74) is 11.9. The Balaban J connectivity index is 2.31. The molecule has 1 heterocycles. The van der Waals surface area contributed by atoms with Crippen LogP contribution in [0.1, 0.15) is 0 Å². The number of nitrogens with two attached hydrogens (primary N) is 2. The molecule has 88 valence electrons. The minimum Gasteiger partial charge on any atom is -0.383 e. The molecule has 2 rings (SSSR count). The third-order valence-corrected chi connectivity index (χ3v) is 2.85. The van der Waals surface area contributed by atoms with Crippen LogP contribution in [0.25, 0.3) is 0 Å². The Hall–Kier alpha value is -1.53. The number of nitrogen functional groups attached to an aromatic ring is 2. The molecule has 0 amide bonds. The van der Waals surface area contributed by atoms with E-state index in [0.29, 0.717) is 16.7 Å². The number of nitrogens with one attached hydrogen (secondary N) is 1. The van der Waals surface area contributed by atoms with Crippen molar-refractivity contribution in [2.45, 2.75) is 0 Å². The average molecular weight is 315 g/mol. The first-order valence-electron chi connectivity index (χ1n) is 4.67. The smallest absolute Gasteiger partial charge is 0.223 e. The summed E-state index contributed by atoms with van der Waals surface area (Å²) < 4.78 is 0.820. The van der Waals surface area contributed by atoms with Gasteiger partial charge in [-0.05, 0) is 34.1 Å². The molecule has 0 aliphatic carbocycles. The van der Waals surface area contributed by atoms with Gasteiger partial charge in [0, 0.05) is 15.6 Å². The lowest BCUT2D eigenvalue weighted by molar-refractivity contribution is 1.19. The number of nitrogens with zero attached hydrogens (tertiary/aromatic N) is 2. The van der Waals surface area contributed by atoms with Gasteiger partial charge in [0.05, 0.1) is 5.69 Å². The number of hydrogen-bond donors (Lipinski definition) is 3. The molecule has 7 heteroatoms. The molecule has 0 bridgehead atoms. The van der Waals surface area contributed by atoms with E-state index in [4.69, 9.17) is 23.1 Å². The lowest BCUT2D eigenvalue weighted by atomic mass is 10.3. The molecule has 0 spiro atoms. The van der Waals surface area contributed by atoms with E-state index in [1.165, 1.54) is 0 Å². The lowest BCUT2D eigenvalue weighted by Crippen LogP contribution is -2.03. The molecule has 17 heavy (non-hydrogen) atoms. The van der Waals surface area contributed by atoms with Crippen molar-refractivity contribution in [2.24, 2.45) is 0 Å². The molecule has 0 radical (unpaired) electrons. The van der Waals surface area contributed by atoms with E-state index in [1.54, 1.807) is 18.2 Å². The number of rotatable bonds is 2. The fourth-order valence-corrected chi connectivity index (χ4v) is 2.06. The maximum atomic E-state index is 5.85. The van der Waals surface area contributed by atoms with Crippen molar-refractivity contribution >= 4 is 50.8 Å². The zero-order valence-electron chi connectivity index (χ0n) is 8.61. The third kappa shape index (κ3) is 2.98. The van der Waals surface area contributed by atoms with Crippen LogP contribution in [0.5, 0.6) is 0 Å². The summed E-state index contributed by atoms with van der Waals surface area (Å²) in [4.78, 5) is 7.80. The summed E-state index contributed by atoms with van der Waals surface area (Å²) >= 11 is 9.24. The van der Waals surface area contributed by atoms with E-state index in [-0.39, 0.29) is 5.95 Å². The Morgan fingerprint density at radius 2 is 1.94 bits per heavy atom. The monoisotopic (exact) mass is 313 g/mol. The molecule has 0 aliphatic heterocycles. The zero-order valence-corrected chi connectivity index (χ0v) is 11.0. The van der Waals surface area contributed by atoms with Gasteiger partial charge in [0.25, 0.3) is 0 Å². The molecule has 0 atom stereocenters. The van der Waals surface area contributed by atoms with Crippen molar-refractivity contribution < 1.29 is 0 Å². The van der Waals surface area contributed by atoms with Crippen LogP contribution in [0.15, 0.2) is 28.7 Å². The maximum Gasteiger partial charge on any atom is 0.223 e. The second-order valence-electron chi connectivity index (χ2n) is 3.29. The van der Waals surface area contributed by atoms with Gasteiger partial charge in [-0.15, -0.1) is 0 Å². The van der Waals surface area contributed by atoms with Crippen molar-refractivity contribution in [3.05, 3.63) is 33.8 Å². The van der Waals surface area contributed by atoms with Crippen molar-refractivity contribution in [1.29, 1.82) is 0 Å². The number of halogens is 2. The Morgan fingerprint density at radius 1 is 1.18 bits per heavy atom. The fourth-order valence-electron chi connectivity index (χ4n) is 1.28. The Morgan fingerprint density at radius 3 is 2.59 bits per heavy atom. The highest BCUT2D eigenvalue weighted by molar-refractivity contribution is 9.10. The molecule has 0 unspecified atom stereocenters. The second kappa shape index (κ2) is 4.77. The van der Waals surface area contributed by atoms with Gasteiger partial charge in [0.15, 0.2) is 0 Å². The molecule has 0 fully saturated rings. The number of hydrogen-bond acceptors (Lipinski definition) is 5. The predicted molar refractivity (Wildman–Crippen MR) is 73.3 cm³/mol. The molecule has 5 nitrogen and oxygen atoms in total. The van der Waals surface area contributed by atoms with Gasteiger partial charge in [-0.25, -0.2) is 0 Å². The number of anilines is 4. The third-order valence-electron chi connectivity index (χ3n) is 1.96. The van der Waals surface area contributed by atoms with E-state index in [0.717, 1.165) is 10.2 Å². The van der Waals surface area contributed by atoms with Crippen LogP contribution >= 0.6 is 27.5 Å². The van der Waals surface area contributed by atoms with Gasteiger partial charge in [-0.2, -0.15) is 9.97 Å². The van der Waals surface area contributed by atoms with Crippen molar-refractivity contribution in [2.75, 3.05) is 16.8 Å². The van der Waals surface area contributed by atoms with Crippen molar-refractivity contribution in [3.8, 4) is 0 Å². The summed E-state index contributed by atoms with van der Waals surface area (Å²) in [7, 11) is 0. The highest BCUT2D eigenvalue weighted by Crippen LogP contribution is 2.28. The minimum absolute atomic E-state index is 0.123. The summed E-state index contributed by atoms with van der Waals surface area (Å²) in [6.07, 6.45) is 0. The zero-order chi connectivity index (χ0) is 12.4. The van der Waals surface area contributed by atoms with E-state index in [2.05, 4.69) is 31.2 Å². The molecule has 2 aromatic rings. The second-order valence-corrected chi connectivity index (χ2v) is 4.58. The molecule has 0 aliphatic rings. The van der Waals surface area contributed by atoms with Gasteiger partial charge >= 0.3 is 0 Å². The Kier molecular flexibility index (Phi) is 3.35. The molecular weight excluding hydrogens is 306 g/mol. The quantitative estimate of drug-likeness (QED) is 0.793. The van der Waals surface area contributed by atoms with Gasteiger partial charge in [0.1, 0.15) is 11.6 Å². The van der Waals surface area contributed by atoms with Gasteiger partial charge in [0.2, 0.25) is 5.95 Å². The normalized spacial score (nSPS) is 10.2. The topological polar surface area (TPSA) is 89.8 Å². The fraction of sp³-hybridized carbons (Fsp3) is 0. The van der Waals surface area contributed by atoms with Crippen LogP contribution in [0.3, 0.4) is 0 Å². The Bertz CT molecular complexity index is 540. The summed E-state index contributed by atoms with van der Waals surface area (Å²) in [5.74, 6) is 0.959. The average Bonchev–Trinajstić information content (AvgIpc) is 2.21. The van der Waals surface area contributed by atoms with Crippen LogP contribution in [-0.4, -0.2) is 9.97 Å². The molecule has 5 N–H and O–H groups in total. The SMILES string of the molecule is Nc1cc(Nc2ccc(Cl)cc2Br)nc(N)n1. The molecule has 1 aromatic carbocycles. The van der Waals surface area contributed by atoms with E-state index in [9.17, 15) is 0 Å². The van der Waals surface area contributed by atoms with Crippen LogP contribution < -0.4 is 16.8 Å². The van der Waals surface area contributed by atoms with Gasteiger partial charge in [-0.1, -0.05) is 11.6 Å². The summed E-state index contributed by atoms with van der Waals surface area (Å²) in [6, 6.07) is 6.96. The first-order chi connectivity index (χ1) is 8.04. The maximum absolute atomic E-state index is 5.85.